The van der Waals surface area contributed by atoms with Crippen LogP contribution >= 0.6 is 34.5 Å². The van der Waals surface area contributed by atoms with Crippen molar-refractivity contribution in [1.29, 1.82) is 0 Å². The molecule has 4 N–H and O–H groups in total. The molecular weight excluding hydrogens is 393 g/mol. The van der Waals surface area contributed by atoms with Gasteiger partial charge in [-0.05, 0) is 24.5 Å². The molecule has 1 unspecified atom stereocenters. The van der Waals surface area contributed by atoms with Gasteiger partial charge in [-0.1, -0.05) is 57.0 Å². The highest BCUT2D eigenvalue weighted by molar-refractivity contribution is 7.16. The number of anilines is 1. The average molecular weight is 418 g/mol. The molecule has 0 amide bonds. The fourth-order valence-electron chi connectivity index (χ4n) is 2.09. The van der Waals surface area contributed by atoms with E-state index in [2.05, 4.69) is 24.1 Å². The van der Waals surface area contributed by atoms with E-state index in [0.29, 0.717) is 21.1 Å². The average Bonchev–Trinajstić information content (AvgIpc) is 2.99. The maximum Gasteiger partial charge on any atom is 0.322 e. The molecule has 0 spiro atoms. The third-order valence-electron chi connectivity index (χ3n) is 3.27. The quantitative estimate of drug-likeness (QED) is 0.578. The van der Waals surface area contributed by atoms with Gasteiger partial charge in [0, 0.05) is 17.0 Å². The van der Waals surface area contributed by atoms with Crippen LogP contribution in [0.2, 0.25) is 10.0 Å². The molecule has 5 nitrogen and oxygen atoms in total. The first-order valence-corrected chi connectivity index (χ1v) is 10.0. The lowest BCUT2D eigenvalue weighted by Gasteiger charge is -2.06. The van der Waals surface area contributed by atoms with Crippen LogP contribution in [-0.2, 0) is 11.2 Å². The summed E-state index contributed by atoms with van der Waals surface area (Å²) in [7, 11) is 0. The van der Waals surface area contributed by atoms with Crippen LogP contribution in [0.4, 0.5) is 5.13 Å². The minimum Gasteiger partial charge on any atom is -0.480 e. The molecular formula is C18H25Cl2N3O2S. The van der Waals surface area contributed by atoms with Gasteiger partial charge in [-0.3, -0.25) is 4.79 Å². The van der Waals surface area contributed by atoms with E-state index in [1.165, 1.54) is 11.3 Å². The van der Waals surface area contributed by atoms with Gasteiger partial charge in [0.25, 0.3) is 0 Å². The van der Waals surface area contributed by atoms with Gasteiger partial charge in [-0.15, -0.1) is 11.3 Å². The molecule has 26 heavy (non-hydrogen) atoms. The summed E-state index contributed by atoms with van der Waals surface area (Å²) in [5, 5.41) is 13.5. The Labute approximate surface area is 168 Å². The summed E-state index contributed by atoms with van der Waals surface area (Å²) in [6.45, 7) is 8.38. The summed E-state index contributed by atoms with van der Waals surface area (Å²) in [6.07, 6.45) is 0.861. The van der Waals surface area contributed by atoms with Crippen LogP contribution in [0.3, 0.4) is 0 Å². The van der Waals surface area contributed by atoms with Crippen LogP contribution in [0.5, 0.6) is 0 Å². The smallest absolute Gasteiger partial charge is 0.322 e. The molecule has 2 rings (SSSR count). The van der Waals surface area contributed by atoms with Gasteiger partial charge < -0.3 is 16.2 Å². The summed E-state index contributed by atoms with van der Waals surface area (Å²) in [4.78, 5) is 16.5. The normalized spacial score (nSPS) is 11.7. The van der Waals surface area contributed by atoms with Crippen molar-refractivity contribution < 1.29 is 9.90 Å². The second kappa shape index (κ2) is 10.7. The molecule has 2 aromatic rings. The van der Waals surface area contributed by atoms with Crippen molar-refractivity contribution >= 4 is 45.6 Å². The van der Waals surface area contributed by atoms with E-state index in [1.54, 1.807) is 12.1 Å². The molecule has 0 bridgehead atoms. The predicted molar refractivity (Wildman–Crippen MR) is 112 cm³/mol. The van der Waals surface area contributed by atoms with Crippen LogP contribution in [0.15, 0.2) is 18.2 Å². The van der Waals surface area contributed by atoms with Gasteiger partial charge in [-0.2, -0.15) is 0 Å². The summed E-state index contributed by atoms with van der Waals surface area (Å²) in [5.74, 6) is -0.590. The lowest BCUT2D eigenvalue weighted by atomic mass is 10.0. The minimum absolute atomic E-state index is 0.116. The van der Waals surface area contributed by atoms with E-state index >= 15 is 0 Å². The Kier molecular flexibility index (Phi) is 9.36. The monoisotopic (exact) mass is 417 g/mol. The number of hydrogen-bond donors (Lipinski definition) is 3. The molecule has 0 saturated heterocycles. The van der Waals surface area contributed by atoms with Crippen LogP contribution in [0.25, 0.3) is 11.3 Å². The van der Waals surface area contributed by atoms with Gasteiger partial charge in [0.2, 0.25) is 0 Å². The van der Waals surface area contributed by atoms with E-state index in [1.807, 2.05) is 19.9 Å². The number of carboxylic acids is 1. The van der Waals surface area contributed by atoms with Gasteiger partial charge in [0.1, 0.15) is 6.04 Å². The summed E-state index contributed by atoms with van der Waals surface area (Å²) < 4.78 is 0. The lowest BCUT2D eigenvalue weighted by Crippen LogP contribution is -2.36. The first-order valence-electron chi connectivity index (χ1n) is 8.45. The minimum atomic E-state index is -1.05. The zero-order valence-corrected chi connectivity index (χ0v) is 17.7. The summed E-state index contributed by atoms with van der Waals surface area (Å²) in [6, 6.07) is 4.43. The number of thiazole rings is 1. The Hall–Kier alpha value is -1.34. The Morgan fingerprint density at radius 1 is 1.31 bits per heavy atom. The van der Waals surface area contributed by atoms with Crippen LogP contribution in [0, 0.1) is 5.92 Å². The highest BCUT2D eigenvalue weighted by Crippen LogP contribution is 2.35. The van der Waals surface area contributed by atoms with E-state index < -0.39 is 12.0 Å². The molecule has 0 aliphatic heterocycles. The first-order chi connectivity index (χ1) is 12.3. The van der Waals surface area contributed by atoms with Crippen molar-refractivity contribution in [3.05, 3.63) is 33.1 Å². The molecule has 1 atom stereocenters. The van der Waals surface area contributed by atoms with Crippen molar-refractivity contribution in [2.75, 3.05) is 11.9 Å². The molecule has 144 valence electrons. The molecule has 0 saturated carbocycles. The largest absolute Gasteiger partial charge is 0.480 e. The number of hydrogen-bond acceptors (Lipinski definition) is 5. The van der Waals surface area contributed by atoms with Crippen LogP contribution < -0.4 is 11.1 Å². The van der Waals surface area contributed by atoms with Crippen LogP contribution in [-0.4, -0.2) is 28.6 Å². The highest BCUT2D eigenvalue weighted by atomic mass is 35.5. The first kappa shape index (κ1) is 22.7. The van der Waals surface area contributed by atoms with E-state index in [4.69, 9.17) is 34.0 Å². The lowest BCUT2D eigenvalue weighted by molar-refractivity contribution is -0.138. The molecule has 0 radical (unpaired) electrons. The standard InChI is InChI=1S/C16H19Cl2N3O2S.C2H6/c1-8(2)5-13-14(9-3-4-10(17)11(18)6-9)21-16(24-13)20-7-12(19)15(22)23;1-2/h3-4,6,8,12H,5,7,19H2,1-2H3,(H,20,21)(H,22,23);1-2H3. The zero-order valence-electron chi connectivity index (χ0n) is 15.3. The number of rotatable bonds is 7. The van der Waals surface area contributed by atoms with Crippen molar-refractivity contribution in [2.45, 2.75) is 40.2 Å². The molecule has 1 heterocycles. The topological polar surface area (TPSA) is 88.2 Å². The zero-order chi connectivity index (χ0) is 19.9. The second-order valence-electron chi connectivity index (χ2n) is 5.84. The fraction of sp³-hybridized carbons (Fsp3) is 0.444. The number of carbonyl (C=O) groups is 1. The van der Waals surface area contributed by atoms with Crippen molar-refractivity contribution in [2.24, 2.45) is 11.7 Å². The van der Waals surface area contributed by atoms with E-state index in [9.17, 15) is 4.79 Å². The molecule has 1 aromatic carbocycles. The number of nitrogens with one attached hydrogen (secondary N) is 1. The number of aromatic nitrogens is 1. The van der Waals surface area contributed by atoms with Crippen molar-refractivity contribution in [1.82, 2.24) is 4.98 Å². The Balaban J connectivity index is 0.00000163. The van der Waals surface area contributed by atoms with E-state index in [0.717, 1.165) is 22.6 Å². The number of halogens is 2. The SMILES string of the molecule is CC.CC(C)Cc1sc(NCC(N)C(=O)O)nc1-c1ccc(Cl)c(Cl)c1. The fourth-order valence-corrected chi connectivity index (χ4v) is 3.59. The van der Waals surface area contributed by atoms with Crippen molar-refractivity contribution in [3.63, 3.8) is 0 Å². The molecule has 0 fully saturated rings. The third kappa shape index (κ3) is 6.43. The number of carboxylic acid groups (broad SMARTS) is 1. The number of aliphatic carboxylic acids is 1. The van der Waals surface area contributed by atoms with Gasteiger partial charge in [0.05, 0.1) is 15.7 Å². The van der Waals surface area contributed by atoms with E-state index in [-0.39, 0.29) is 6.54 Å². The van der Waals surface area contributed by atoms with Gasteiger partial charge >= 0.3 is 5.97 Å². The highest BCUT2D eigenvalue weighted by Gasteiger charge is 2.17. The summed E-state index contributed by atoms with van der Waals surface area (Å²) in [5.41, 5.74) is 7.23. The van der Waals surface area contributed by atoms with Gasteiger partial charge in [0.15, 0.2) is 5.13 Å². The second-order valence-corrected chi connectivity index (χ2v) is 7.74. The Morgan fingerprint density at radius 2 is 1.96 bits per heavy atom. The molecule has 0 aliphatic carbocycles. The molecule has 1 aromatic heterocycles. The Morgan fingerprint density at radius 3 is 2.50 bits per heavy atom. The maximum atomic E-state index is 10.8. The van der Waals surface area contributed by atoms with Crippen LogP contribution in [0.1, 0.15) is 32.6 Å². The Bertz CT molecular complexity index is 735. The maximum absolute atomic E-state index is 10.8. The predicted octanol–water partition coefficient (Wildman–Crippen LogP) is 5.17. The third-order valence-corrected chi connectivity index (χ3v) is 5.05. The summed E-state index contributed by atoms with van der Waals surface area (Å²) >= 11 is 13.6. The van der Waals surface area contributed by atoms with Crippen molar-refractivity contribution in [3.8, 4) is 11.3 Å². The number of nitrogens with two attached hydrogens (primary N) is 1. The number of nitrogens with zero attached hydrogens (tertiary/aromatic N) is 1. The molecule has 8 heteroatoms. The number of benzene rings is 1. The molecule has 0 aliphatic rings. The van der Waals surface area contributed by atoms with Gasteiger partial charge in [-0.25, -0.2) is 4.98 Å².